The predicted octanol–water partition coefficient (Wildman–Crippen LogP) is 3.91. The Kier molecular flexibility index (Phi) is 5.76. The Labute approximate surface area is 168 Å². The largest absolute Gasteiger partial charge is 0.330 e. The van der Waals surface area contributed by atoms with Crippen molar-refractivity contribution in [1.29, 1.82) is 0 Å². The van der Waals surface area contributed by atoms with Crippen molar-refractivity contribution in [2.45, 2.75) is 26.8 Å². The van der Waals surface area contributed by atoms with E-state index in [1.807, 2.05) is 6.92 Å². The highest BCUT2D eigenvalue weighted by Crippen LogP contribution is 2.29. The second-order valence-electron chi connectivity index (χ2n) is 6.21. The van der Waals surface area contributed by atoms with Crippen molar-refractivity contribution >= 4 is 45.4 Å². The van der Waals surface area contributed by atoms with Gasteiger partial charge in [-0.2, -0.15) is 0 Å². The highest BCUT2D eigenvalue weighted by Gasteiger charge is 2.24. The van der Waals surface area contributed by atoms with Gasteiger partial charge in [0.05, 0.1) is 32.1 Å². The number of H-pyrrole nitrogens is 1. The van der Waals surface area contributed by atoms with Crippen LogP contribution in [0.25, 0.3) is 10.9 Å². The summed E-state index contributed by atoms with van der Waals surface area (Å²) in [5.74, 6) is -0.0127. The molecule has 146 valence electrons. The maximum absolute atomic E-state index is 12.9. The second-order valence-corrected chi connectivity index (χ2v) is 7.90. The molecule has 2 heterocycles. The zero-order valence-corrected chi connectivity index (χ0v) is 16.8. The molecule has 0 atom stereocenters. The third-order valence-electron chi connectivity index (χ3n) is 4.14. The van der Waals surface area contributed by atoms with Crippen molar-refractivity contribution in [3.05, 3.63) is 65.3 Å². The molecule has 3 aromatic rings. The van der Waals surface area contributed by atoms with Crippen LogP contribution in [0.2, 0.25) is 5.02 Å². The number of hydrogen-bond donors (Lipinski definition) is 1. The van der Waals surface area contributed by atoms with E-state index in [2.05, 4.69) is 9.97 Å². The molecule has 0 aliphatic rings. The quantitative estimate of drug-likeness (QED) is 0.480. The van der Waals surface area contributed by atoms with Gasteiger partial charge in [0.25, 0.3) is 17.2 Å². The van der Waals surface area contributed by atoms with Crippen molar-refractivity contribution in [3.8, 4) is 0 Å². The van der Waals surface area contributed by atoms with Gasteiger partial charge in [-0.3, -0.25) is 19.7 Å². The molecule has 8 nitrogen and oxygen atoms in total. The number of carbonyl (C=O) groups excluding carboxylic acids is 1. The molecule has 28 heavy (non-hydrogen) atoms. The van der Waals surface area contributed by atoms with Crippen LogP contribution >= 0.6 is 22.9 Å². The molecule has 0 radical (unpaired) electrons. The van der Waals surface area contributed by atoms with Crippen molar-refractivity contribution in [3.63, 3.8) is 0 Å². The number of nitrogens with one attached hydrogen (secondary N) is 1. The molecule has 3 rings (SSSR count). The molecule has 1 N–H and O–H groups in total. The van der Waals surface area contributed by atoms with Crippen LogP contribution in [0, 0.1) is 17.0 Å². The lowest BCUT2D eigenvalue weighted by molar-refractivity contribution is -0.385. The molecule has 0 aliphatic carbocycles. The van der Waals surface area contributed by atoms with E-state index >= 15 is 0 Å². The van der Waals surface area contributed by atoms with Gasteiger partial charge in [0, 0.05) is 17.6 Å². The third kappa shape index (κ3) is 4.05. The summed E-state index contributed by atoms with van der Waals surface area (Å²) < 4.78 is 0. The average Bonchev–Trinajstić information content (AvgIpc) is 3.02. The van der Waals surface area contributed by atoms with Crippen LogP contribution < -0.4 is 5.56 Å². The maximum Gasteiger partial charge on any atom is 0.283 e. The van der Waals surface area contributed by atoms with E-state index in [-0.39, 0.29) is 28.6 Å². The molecule has 1 aromatic carbocycles. The van der Waals surface area contributed by atoms with E-state index in [0.29, 0.717) is 39.6 Å². The highest BCUT2D eigenvalue weighted by atomic mass is 35.5. The molecule has 0 saturated heterocycles. The van der Waals surface area contributed by atoms with Crippen LogP contribution in [0.5, 0.6) is 0 Å². The van der Waals surface area contributed by atoms with Gasteiger partial charge in [-0.25, -0.2) is 4.98 Å². The number of benzene rings is 1. The number of rotatable bonds is 6. The van der Waals surface area contributed by atoms with Gasteiger partial charge < -0.3 is 9.88 Å². The van der Waals surface area contributed by atoms with Crippen molar-refractivity contribution in [2.24, 2.45) is 0 Å². The number of nitro groups is 1. The standard InChI is InChI=1S/C18H17ClN4O4S/c1-3-6-22(18(25)15-8-14(23(26)27)10(2)28-15)9-16-20-13-7-11(19)4-5-12(13)17(24)21-16/h4-5,7-8H,3,6,9H2,1-2H3,(H,20,21,24). The first-order chi connectivity index (χ1) is 13.3. The van der Waals surface area contributed by atoms with Crippen LogP contribution in [0.4, 0.5) is 5.69 Å². The van der Waals surface area contributed by atoms with E-state index in [1.54, 1.807) is 25.1 Å². The zero-order valence-electron chi connectivity index (χ0n) is 15.2. The van der Waals surface area contributed by atoms with E-state index in [4.69, 9.17) is 11.6 Å². The minimum atomic E-state index is -0.501. The summed E-state index contributed by atoms with van der Waals surface area (Å²) in [6, 6.07) is 6.09. The van der Waals surface area contributed by atoms with Gasteiger partial charge >= 0.3 is 0 Å². The number of amides is 1. The third-order valence-corrected chi connectivity index (χ3v) is 5.40. The Bertz CT molecular complexity index is 1120. The smallest absolute Gasteiger partial charge is 0.283 e. The minimum absolute atomic E-state index is 0.0725. The van der Waals surface area contributed by atoms with Crippen molar-refractivity contribution in [2.75, 3.05) is 6.54 Å². The van der Waals surface area contributed by atoms with E-state index < -0.39 is 4.92 Å². The van der Waals surface area contributed by atoms with Crippen LogP contribution in [-0.2, 0) is 6.54 Å². The summed E-state index contributed by atoms with van der Waals surface area (Å²) in [5, 5.41) is 11.9. The zero-order chi connectivity index (χ0) is 20.4. The normalized spacial score (nSPS) is 11.0. The minimum Gasteiger partial charge on any atom is -0.330 e. The summed E-state index contributed by atoms with van der Waals surface area (Å²) in [4.78, 5) is 45.1. The Morgan fingerprint density at radius 1 is 1.39 bits per heavy atom. The monoisotopic (exact) mass is 420 g/mol. The van der Waals surface area contributed by atoms with E-state index in [1.165, 1.54) is 11.0 Å². The molecule has 0 aliphatic heterocycles. The van der Waals surface area contributed by atoms with Gasteiger partial charge in [-0.15, -0.1) is 11.3 Å². The van der Waals surface area contributed by atoms with E-state index in [0.717, 1.165) is 11.3 Å². The summed E-state index contributed by atoms with van der Waals surface area (Å²) in [6.07, 6.45) is 0.682. The number of halogens is 1. The van der Waals surface area contributed by atoms with E-state index in [9.17, 15) is 19.7 Å². The first kappa shape index (κ1) is 20.0. The number of hydrogen-bond acceptors (Lipinski definition) is 6. The lowest BCUT2D eigenvalue weighted by atomic mass is 10.2. The van der Waals surface area contributed by atoms with Crippen LogP contribution in [0.1, 0.15) is 33.7 Å². The molecular weight excluding hydrogens is 404 g/mol. The van der Waals surface area contributed by atoms with Crippen molar-refractivity contribution in [1.82, 2.24) is 14.9 Å². The molecule has 0 bridgehead atoms. The van der Waals surface area contributed by atoms with Gasteiger partial charge in [0.1, 0.15) is 5.82 Å². The van der Waals surface area contributed by atoms with Crippen LogP contribution in [0.3, 0.4) is 0 Å². The van der Waals surface area contributed by atoms with Crippen molar-refractivity contribution < 1.29 is 9.72 Å². The fourth-order valence-electron chi connectivity index (χ4n) is 2.85. The van der Waals surface area contributed by atoms with Gasteiger partial charge in [0.15, 0.2) is 0 Å². The topological polar surface area (TPSA) is 109 Å². The first-order valence-electron chi connectivity index (χ1n) is 8.52. The van der Waals surface area contributed by atoms with Crippen LogP contribution in [0.15, 0.2) is 29.1 Å². The lowest BCUT2D eigenvalue weighted by Crippen LogP contribution is -2.32. The molecule has 10 heteroatoms. The molecule has 0 unspecified atom stereocenters. The number of aryl methyl sites for hydroxylation is 1. The van der Waals surface area contributed by atoms with Gasteiger partial charge in [0.2, 0.25) is 0 Å². The maximum atomic E-state index is 12.9. The fraction of sp³-hybridized carbons (Fsp3) is 0.278. The lowest BCUT2D eigenvalue weighted by Gasteiger charge is -2.21. The number of nitrogens with zero attached hydrogens (tertiary/aromatic N) is 3. The Hall–Kier alpha value is -2.78. The molecule has 0 saturated carbocycles. The number of aromatic nitrogens is 2. The van der Waals surface area contributed by atoms with Gasteiger partial charge in [-0.05, 0) is 31.5 Å². The molecule has 1 amide bonds. The summed E-state index contributed by atoms with van der Waals surface area (Å²) >= 11 is 7.06. The van der Waals surface area contributed by atoms with Crippen LogP contribution in [-0.4, -0.2) is 32.2 Å². The number of aromatic amines is 1. The first-order valence-corrected chi connectivity index (χ1v) is 9.72. The summed E-state index contributed by atoms with van der Waals surface area (Å²) in [5.41, 5.74) is 0.0533. The number of carbonyl (C=O) groups is 1. The number of thiophene rings is 1. The Morgan fingerprint density at radius 3 is 2.79 bits per heavy atom. The SMILES string of the molecule is CCCN(Cc1nc2cc(Cl)ccc2c(=O)[nH]1)C(=O)c1cc([N+](=O)[O-])c(C)s1. The number of fused-ring (bicyclic) bond motifs is 1. The highest BCUT2D eigenvalue weighted by molar-refractivity contribution is 7.14. The molecular formula is C18H17ClN4O4S. The summed E-state index contributed by atoms with van der Waals surface area (Å²) in [7, 11) is 0. The fourth-order valence-corrected chi connectivity index (χ4v) is 3.98. The molecule has 2 aromatic heterocycles. The van der Waals surface area contributed by atoms with Gasteiger partial charge in [-0.1, -0.05) is 18.5 Å². The summed E-state index contributed by atoms with van der Waals surface area (Å²) in [6.45, 7) is 4.02. The molecule has 0 fully saturated rings. The molecule has 0 spiro atoms. The predicted molar refractivity (Wildman–Crippen MR) is 108 cm³/mol. The average molecular weight is 421 g/mol. The Morgan fingerprint density at radius 2 is 2.14 bits per heavy atom. The second kappa shape index (κ2) is 8.07. The Balaban J connectivity index is 1.94.